The standard InChI is InChI=1S/C9H10Cl2O4/c10-3-5-1-9(7(12)14-5)2-6(4-11)15-8(9)13/h5-6H,1-4H2/t5-,6-,9?/m0/s1. The molecule has 0 unspecified atom stereocenters. The first-order valence-electron chi connectivity index (χ1n) is 4.66. The van der Waals surface area contributed by atoms with Gasteiger partial charge in [-0.05, 0) is 0 Å². The second kappa shape index (κ2) is 3.83. The molecule has 2 heterocycles. The maximum Gasteiger partial charge on any atom is 0.324 e. The molecular weight excluding hydrogens is 243 g/mol. The molecule has 4 nitrogen and oxygen atoms in total. The summed E-state index contributed by atoms with van der Waals surface area (Å²) in [4.78, 5) is 23.2. The van der Waals surface area contributed by atoms with E-state index in [4.69, 9.17) is 32.7 Å². The molecule has 0 radical (unpaired) electrons. The zero-order valence-electron chi connectivity index (χ0n) is 7.87. The van der Waals surface area contributed by atoms with Crippen LogP contribution in [-0.4, -0.2) is 35.9 Å². The SMILES string of the molecule is O=C1O[C@H](CCl)CC12C[C@@H](CCl)OC2=O. The number of carbonyl (C=O) groups is 2. The number of ether oxygens (including phenoxy) is 2. The molecule has 2 aliphatic heterocycles. The van der Waals surface area contributed by atoms with Gasteiger partial charge in [-0.15, -0.1) is 23.2 Å². The van der Waals surface area contributed by atoms with E-state index in [0.29, 0.717) is 12.8 Å². The fourth-order valence-corrected chi connectivity index (χ4v) is 2.41. The molecule has 0 aromatic rings. The minimum Gasteiger partial charge on any atom is -0.460 e. The Hall–Kier alpha value is -0.480. The number of hydrogen-bond acceptors (Lipinski definition) is 4. The first-order valence-corrected chi connectivity index (χ1v) is 5.73. The molecule has 0 N–H and O–H groups in total. The van der Waals surface area contributed by atoms with Crippen molar-refractivity contribution in [3.05, 3.63) is 0 Å². The van der Waals surface area contributed by atoms with Crippen molar-refractivity contribution in [1.82, 2.24) is 0 Å². The van der Waals surface area contributed by atoms with Crippen molar-refractivity contribution in [3.8, 4) is 0 Å². The average Bonchev–Trinajstić information content (AvgIpc) is 2.71. The molecule has 0 aromatic carbocycles. The topological polar surface area (TPSA) is 52.6 Å². The summed E-state index contributed by atoms with van der Waals surface area (Å²) in [5.41, 5.74) is -1.14. The number of esters is 2. The van der Waals surface area contributed by atoms with Crippen LogP contribution < -0.4 is 0 Å². The third kappa shape index (κ3) is 1.60. The molecule has 0 saturated carbocycles. The molecule has 2 saturated heterocycles. The van der Waals surface area contributed by atoms with Gasteiger partial charge in [0.05, 0.1) is 11.8 Å². The minimum absolute atomic E-state index is 0.201. The summed E-state index contributed by atoms with van der Waals surface area (Å²) in [5, 5.41) is 0. The summed E-state index contributed by atoms with van der Waals surface area (Å²) in [6.45, 7) is 0. The monoisotopic (exact) mass is 252 g/mol. The number of halogens is 2. The maximum absolute atomic E-state index is 11.6. The summed E-state index contributed by atoms with van der Waals surface area (Å²) in [6, 6.07) is 0. The highest BCUT2D eigenvalue weighted by molar-refractivity contribution is 6.19. The van der Waals surface area contributed by atoms with Crippen molar-refractivity contribution in [3.63, 3.8) is 0 Å². The van der Waals surface area contributed by atoms with Crippen molar-refractivity contribution >= 4 is 35.1 Å². The lowest BCUT2D eigenvalue weighted by Crippen LogP contribution is -2.31. The lowest BCUT2D eigenvalue weighted by Gasteiger charge is -2.10. The Balaban J connectivity index is 2.20. The van der Waals surface area contributed by atoms with Crippen LogP contribution in [0.1, 0.15) is 12.8 Å². The Morgan fingerprint density at radius 1 is 1.07 bits per heavy atom. The van der Waals surface area contributed by atoms with Gasteiger partial charge in [0.1, 0.15) is 12.2 Å². The van der Waals surface area contributed by atoms with Crippen molar-refractivity contribution in [2.45, 2.75) is 25.0 Å². The molecule has 0 aromatic heterocycles. The summed E-state index contributed by atoms with van der Waals surface area (Å²) < 4.78 is 9.99. The highest BCUT2D eigenvalue weighted by atomic mass is 35.5. The van der Waals surface area contributed by atoms with Crippen molar-refractivity contribution in [1.29, 1.82) is 0 Å². The van der Waals surface area contributed by atoms with Gasteiger partial charge in [-0.1, -0.05) is 0 Å². The van der Waals surface area contributed by atoms with Crippen LogP contribution in [0.2, 0.25) is 0 Å². The van der Waals surface area contributed by atoms with Gasteiger partial charge in [-0.2, -0.15) is 0 Å². The number of rotatable bonds is 2. The highest BCUT2D eigenvalue weighted by Gasteiger charge is 2.61. The van der Waals surface area contributed by atoms with E-state index in [-0.39, 0.29) is 24.0 Å². The molecule has 0 bridgehead atoms. The van der Waals surface area contributed by atoms with E-state index in [9.17, 15) is 9.59 Å². The molecule has 6 heteroatoms. The molecule has 2 fully saturated rings. The minimum atomic E-state index is -1.14. The number of hydrogen-bond donors (Lipinski definition) is 0. The summed E-state index contributed by atoms with van der Waals surface area (Å²) >= 11 is 11.2. The van der Waals surface area contributed by atoms with E-state index in [1.165, 1.54) is 0 Å². The van der Waals surface area contributed by atoms with E-state index in [1.807, 2.05) is 0 Å². The lowest BCUT2D eigenvalue weighted by molar-refractivity contribution is -0.158. The lowest BCUT2D eigenvalue weighted by atomic mass is 9.82. The fraction of sp³-hybridized carbons (Fsp3) is 0.778. The normalized spacial score (nSPS) is 33.2. The molecule has 15 heavy (non-hydrogen) atoms. The molecule has 84 valence electrons. The third-order valence-electron chi connectivity index (χ3n) is 2.83. The van der Waals surface area contributed by atoms with E-state index < -0.39 is 17.4 Å². The zero-order chi connectivity index (χ0) is 11.1. The fourth-order valence-electron chi connectivity index (χ4n) is 2.06. The van der Waals surface area contributed by atoms with Crippen molar-refractivity contribution in [2.24, 2.45) is 5.41 Å². The predicted molar refractivity (Wildman–Crippen MR) is 52.9 cm³/mol. The largest absolute Gasteiger partial charge is 0.460 e. The maximum atomic E-state index is 11.6. The van der Waals surface area contributed by atoms with Gasteiger partial charge in [0.25, 0.3) is 0 Å². The van der Waals surface area contributed by atoms with Gasteiger partial charge < -0.3 is 9.47 Å². The molecule has 1 spiro atoms. The Morgan fingerprint density at radius 3 is 1.73 bits per heavy atom. The summed E-state index contributed by atoms with van der Waals surface area (Å²) in [7, 11) is 0. The number of cyclic esters (lactones) is 2. The van der Waals surface area contributed by atoms with Crippen molar-refractivity contribution < 1.29 is 19.1 Å². The van der Waals surface area contributed by atoms with E-state index >= 15 is 0 Å². The smallest absolute Gasteiger partial charge is 0.324 e. The Morgan fingerprint density at radius 2 is 1.47 bits per heavy atom. The Kier molecular flexibility index (Phi) is 2.81. The molecule has 2 atom stereocenters. The number of alkyl halides is 2. The van der Waals surface area contributed by atoms with E-state index in [0.717, 1.165) is 0 Å². The molecule has 0 amide bonds. The molecule has 2 aliphatic rings. The zero-order valence-corrected chi connectivity index (χ0v) is 9.38. The van der Waals surface area contributed by atoms with Crippen LogP contribution in [0.15, 0.2) is 0 Å². The summed E-state index contributed by atoms with van der Waals surface area (Å²) in [5.74, 6) is -0.643. The van der Waals surface area contributed by atoms with E-state index in [2.05, 4.69) is 0 Å². The van der Waals surface area contributed by atoms with Gasteiger partial charge in [-0.25, -0.2) is 0 Å². The van der Waals surface area contributed by atoms with Crippen LogP contribution >= 0.6 is 23.2 Å². The van der Waals surface area contributed by atoms with Crippen LogP contribution in [0.5, 0.6) is 0 Å². The van der Waals surface area contributed by atoms with Crippen LogP contribution in [0.3, 0.4) is 0 Å². The Bertz CT molecular complexity index is 274. The third-order valence-corrected chi connectivity index (χ3v) is 3.51. The molecule has 2 rings (SSSR count). The van der Waals surface area contributed by atoms with Crippen LogP contribution in [0.4, 0.5) is 0 Å². The van der Waals surface area contributed by atoms with Gasteiger partial charge in [0.2, 0.25) is 0 Å². The summed E-state index contributed by atoms with van der Waals surface area (Å²) in [6.07, 6.45) is -0.162. The van der Waals surface area contributed by atoms with Gasteiger partial charge in [-0.3, -0.25) is 9.59 Å². The first kappa shape index (κ1) is 11.0. The number of carbonyl (C=O) groups excluding carboxylic acids is 2. The first-order chi connectivity index (χ1) is 7.12. The predicted octanol–water partition coefficient (Wildman–Crippen LogP) is 1.08. The van der Waals surface area contributed by atoms with Gasteiger partial charge >= 0.3 is 11.9 Å². The molecule has 0 aliphatic carbocycles. The van der Waals surface area contributed by atoms with Gasteiger partial charge in [0.15, 0.2) is 5.41 Å². The van der Waals surface area contributed by atoms with Crippen LogP contribution in [0, 0.1) is 5.41 Å². The van der Waals surface area contributed by atoms with Crippen LogP contribution in [0.25, 0.3) is 0 Å². The Labute approximate surface area is 96.8 Å². The van der Waals surface area contributed by atoms with Gasteiger partial charge in [0, 0.05) is 12.8 Å². The second-order valence-electron chi connectivity index (χ2n) is 3.85. The highest BCUT2D eigenvalue weighted by Crippen LogP contribution is 2.45. The average molecular weight is 253 g/mol. The second-order valence-corrected chi connectivity index (χ2v) is 4.47. The van der Waals surface area contributed by atoms with E-state index in [1.54, 1.807) is 0 Å². The molecular formula is C9H10Cl2O4. The van der Waals surface area contributed by atoms with Crippen LogP contribution in [-0.2, 0) is 19.1 Å². The quantitative estimate of drug-likeness (QED) is 0.420. The van der Waals surface area contributed by atoms with Crippen molar-refractivity contribution in [2.75, 3.05) is 11.8 Å².